The van der Waals surface area contributed by atoms with Gasteiger partial charge in [-0.1, -0.05) is 17.7 Å². The minimum absolute atomic E-state index is 0.141. The number of aromatic nitrogens is 1. The Morgan fingerprint density at radius 2 is 1.59 bits per heavy atom. The second-order valence-corrected chi connectivity index (χ2v) is 7.98. The third-order valence-corrected chi connectivity index (χ3v) is 5.75. The van der Waals surface area contributed by atoms with Gasteiger partial charge in [-0.15, -0.1) is 0 Å². The van der Waals surface area contributed by atoms with Crippen molar-refractivity contribution in [2.75, 3.05) is 0 Å². The molecule has 0 bridgehead atoms. The summed E-state index contributed by atoms with van der Waals surface area (Å²) in [6, 6.07) is 8.73. The Kier molecular flexibility index (Phi) is 4.20. The van der Waals surface area contributed by atoms with Gasteiger partial charge in [0.25, 0.3) is 0 Å². The van der Waals surface area contributed by atoms with Crippen molar-refractivity contribution in [3.63, 3.8) is 0 Å². The van der Waals surface area contributed by atoms with E-state index in [1.807, 2.05) is 0 Å². The molecule has 0 saturated heterocycles. The van der Waals surface area contributed by atoms with E-state index in [2.05, 4.69) is 0 Å². The lowest BCUT2D eigenvalue weighted by atomic mass is 9.84. The van der Waals surface area contributed by atoms with Crippen molar-refractivity contribution in [3.05, 3.63) is 93.7 Å². The minimum atomic E-state index is -4.34. The lowest BCUT2D eigenvalue weighted by Crippen LogP contribution is -2.31. The molecule has 4 rings (SSSR count). The zero-order valence-electron chi connectivity index (χ0n) is 14.9. The first-order chi connectivity index (χ1) is 13.7. The summed E-state index contributed by atoms with van der Waals surface area (Å²) >= 11 is 0. The van der Waals surface area contributed by atoms with E-state index in [1.54, 1.807) is 19.1 Å². The van der Waals surface area contributed by atoms with Crippen molar-refractivity contribution in [3.8, 4) is 5.75 Å². The zero-order valence-corrected chi connectivity index (χ0v) is 15.7. The number of fused-ring (bicyclic) bond motifs is 2. The van der Waals surface area contributed by atoms with Crippen LogP contribution in [0.5, 0.6) is 5.75 Å². The van der Waals surface area contributed by atoms with Crippen LogP contribution in [0.3, 0.4) is 0 Å². The molecule has 7 nitrogen and oxygen atoms in total. The molecule has 1 aliphatic rings. The van der Waals surface area contributed by atoms with E-state index in [-0.39, 0.29) is 16.0 Å². The van der Waals surface area contributed by atoms with Crippen molar-refractivity contribution in [2.24, 2.45) is 0 Å². The van der Waals surface area contributed by atoms with E-state index < -0.39 is 44.4 Å². The Bertz CT molecular complexity index is 1300. The van der Waals surface area contributed by atoms with E-state index in [1.165, 1.54) is 12.1 Å². The number of ketones is 2. The fraction of sp³-hybridized carbons (Fsp3) is 0.0500. The van der Waals surface area contributed by atoms with E-state index in [0.717, 1.165) is 36.2 Å². The fourth-order valence-electron chi connectivity index (χ4n) is 3.07. The molecule has 1 aromatic heterocycles. The summed E-state index contributed by atoms with van der Waals surface area (Å²) in [5, 5.41) is 11.5. The minimum Gasteiger partial charge on any atom is -0.619 e. The maximum atomic E-state index is 14.4. The fourth-order valence-corrected chi connectivity index (χ4v) is 4.01. The van der Waals surface area contributed by atoms with Crippen LogP contribution >= 0.6 is 0 Å². The summed E-state index contributed by atoms with van der Waals surface area (Å²) < 4.78 is 45.0. The first-order valence-electron chi connectivity index (χ1n) is 8.35. The number of benzene rings is 2. The predicted molar refractivity (Wildman–Crippen MR) is 97.7 cm³/mol. The zero-order chi connectivity index (χ0) is 20.9. The average molecular weight is 413 g/mol. The predicted octanol–water partition coefficient (Wildman–Crippen LogP) is 2.31. The van der Waals surface area contributed by atoms with Crippen LogP contribution in [0.4, 0.5) is 4.39 Å². The highest BCUT2D eigenvalue weighted by Crippen LogP contribution is 2.35. The van der Waals surface area contributed by atoms with Crippen LogP contribution in [0.15, 0.2) is 59.8 Å². The monoisotopic (exact) mass is 413 g/mol. The Morgan fingerprint density at radius 1 is 0.931 bits per heavy atom. The third kappa shape index (κ3) is 3.05. The van der Waals surface area contributed by atoms with E-state index in [4.69, 9.17) is 4.18 Å². The van der Waals surface area contributed by atoms with Crippen LogP contribution in [0.2, 0.25) is 0 Å². The number of pyridine rings is 1. The summed E-state index contributed by atoms with van der Waals surface area (Å²) in [5.74, 6) is -3.21. The molecule has 3 aromatic rings. The van der Waals surface area contributed by atoms with Crippen LogP contribution < -0.4 is 8.91 Å². The maximum Gasteiger partial charge on any atom is 0.339 e. The second kappa shape index (κ2) is 6.49. The summed E-state index contributed by atoms with van der Waals surface area (Å²) in [5.41, 5.74) is -0.710. The normalized spacial score (nSPS) is 13.0. The number of carbonyl (C=O) groups is 2. The standard InChI is InChI=1S/C20H12FNO6S/c1-11-2-4-12(5-3-11)29(26,27)28-16-7-6-15(21)17-18(16)19(23)13-8-9-22(25)10-14(13)20(17)24/h2-10H,1H3. The van der Waals surface area contributed by atoms with Gasteiger partial charge in [-0.2, -0.15) is 13.1 Å². The van der Waals surface area contributed by atoms with E-state index in [0.29, 0.717) is 4.73 Å². The molecule has 0 N–H and O–H groups in total. The summed E-state index contributed by atoms with van der Waals surface area (Å²) in [7, 11) is -4.34. The van der Waals surface area contributed by atoms with Gasteiger partial charge < -0.3 is 9.39 Å². The number of halogens is 1. The number of rotatable bonds is 3. The molecule has 0 aliphatic heterocycles. The largest absolute Gasteiger partial charge is 0.619 e. The van der Waals surface area contributed by atoms with Gasteiger partial charge >= 0.3 is 10.1 Å². The van der Waals surface area contributed by atoms with Crippen LogP contribution in [0, 0.1) is 17.9 Å². The van der Waals surface area contributed by atoms with Crippen molar-refractivity contribution in [1.82, 2.24) is 0 Å². The molecule has 0 radical (unpaired) electrons. The number of aryl methyl sites for hydroxylation is 1. The Labute approximate surface area is 164 Å². The highest BCUT2D eigenvalue weighted by Gasteiger charge is 2.37. The first kappa shape index (κ1) is 18.8. The molecule has 1 aliphatic carbocycles. The number of hydrogen-bond acceptors (Lipinski definition) is 6. The SMILES string of the molecule is Cc1ccc(S(=O)(=O)Oc2ccc(F)c3c2C(=O)c2cc[n+]([O-])cc2C3=O)cc1. The topological polar surface area (TPSA) is 104 Å². The Balaban J connectivity index is 1.86. The lowest BCUT2D eigenvalue weighted by molar-refractivity contribution is -0.605. The molecule has 2 aromatic carbocycles. The second-order valence-electron chi connectivity index (χ2n) is 6.44. The first-order valence-corrected chi connectivity index (χ1v) is 9.76. The molecule has 1 heterocycles. The van der Waals surface area contributed by atoms with Crippen LogP contribution in [0.25, 0.3) is 0 Å². The third-order valence-electron chi connectivity index (χ3n) is 4.50. The molecule has 146 valence electrons. The van der Waals surface area contributed by atoms with Gasteiger partial charge in [0, 0.05) is 11.6 Å². The molecule has 0 spiro atoms. The van der Waals surface area contributed by atoms with Gasteiger partial charge in [-0.05, 0) is 31.2 Å². The van der Waals surface area contributed by atoms with Crippen molar-refractivity contribution in [1.29, 1.82) is 0 Å². The maximum absolute atomic E-state index is 14.4. The smallest absolute Gasteiger partial charge is 0.339 e. The highest BCUT2D eigenvalue weighted by molar-refractivity contribution is 7.87. The number of hydrogen-bond donors (Lipinski definition) is 0. The number of nitrogens with zero attached hydrogens (tertiary/aromatic N) is 1. The average Bonchev–Trinajstić information content (AvgIpc) is 2.67. The quantitative estimate of drug-likeness (QED) is 0.290. The van der Waals surface area contributed by atoms with Crippen molar-refractivity contribution in [2.45, 2.75) is 11.8 Å². The summed E-state index contributed by atoms with van der Waals surface area (Å²) in [6.07, 6.45) is 1.88. The van der Waals surface area contributed by atoms with Crippen LogP contribution in [-0.2, 0) is 10.1 Å². The van der Waals surface area contributed by atoms with Gasteiger partial charge in [-0.25, -0.2) is 4.39 Å². The molecule has 0 saturated carbocycles. The molecular formula is C20H12FNO6S. The summed E-state index contributed by atoms with van der Waals surface area (Å²) in [6.45, 7) is 1.78. The molecule has 0 atom stereocenters. The van der Waals surface area contributed by atoms with Gasteiger partial charge in [-0.3, -0.25) is 9.59 Å². The highest BCUT2D eigenvalue weighted by atomic mass is 32.2. The Hall–Kier alpha value is -3.59. The summed E-state index contributed by atoms with van der Waals surface area (Å²) in [4.78, 5) is 25.4. The van der Waals surface area contributed by atoms with Crippen molar-refractivity contribution < 1.29 is 31.3 Å². The van der Waals surface area contributed by atoms with Crippen LogP contribution in [0.1, 0.15) is 37.4 Å². The molecule has 0 unspecified atom stereocenters. The van der Waals surface area contributed by atoms with Gasteiger partial charge in [0.1, 0.15) is 10.7 Å². The van der Waals surface area contributed by atoms with Gasteiger partial charge in [0.2, 0.25) is 5.78 Å². The molecule has 9 heteroatoms. The van der Waals surface area contributed by atoms with E-state index >= 15 is 0 Å². The lowest BCUT2D eigenvalue weighted by Gasteiger charge is -2.19. The molecule has 0 amide bonds. The van der Waals surface area contributed by atoms with E-state index in [9.17, 15) is 27.6 Å². The van der Waals surface area contributed by atoms with Crippen molar-refractivity contribution >= 4 is 21.7 Å². The van der Waals surface area contributed by atoms with Gasteiger partial charge in [0.15, 0.2) is 23.9 Å². The molecular weight excluding hydrogens is 401 g/mol. The number of carbonyl (C=O) groups excluding carboxylic acids is 2. The van der Waals surface area contributed by atoms with Gasteiger partial charge in [0.05, 0.1) is 16.7 Å². The molecule has 29 heavy (non-hydrogen) atoms. The van der Waals surface area contributed by atoms with Crippen LogP contribution in [-0.4, -0.2) is 20.0 Å². The molecule has 0 fully saturated rings. The Morgan fingerprint density at radius 3 is 2.28 bits per heavy atom.